The van der Waals surface area contributed by atoms with Crippen LogP contribution in [0.2, 0.25) is 0 Å². The standard InChI is InChI=1S/C33H50O5/c1-7-29(34)36-19-20(3)9-12-27-21(4)31-28(38-27)18-26-24-11-10-22-17-23(37-30(35)8-2)13-15-32(22,5)25(24)14-16-33(26,31)6/h10,20,23-26,28,31H,7-9,11-19H2,1-6H3/t20-,23-,24-,25+,26-,28+,31-,32+,33+/m1/s1. The molecule has 0 aromatic carbocycles. The van der Waals surface area contributed by atoms with E-state index in [9.17, 15) is 9.59 Å². The van der Waals surface area contributed by atoms with Gasteiger partial charge in [-0.2, -0.15) is 0 Å². The highest BCUT2D eigenvalue weighted by Gasteiger charge is 2.63. The molecule has 1 aliphatic heterocycles. The molecular weight excluding hydrogens is 476 g/mol. The van der Waals surface area contributed by atoms with Crippen molar-refractivity contribution in [1.82, 2.24) is 0 Å². The smallest absolute Gasteiger partial charge is 0.305 e. The van der Waals surface area contributed by atoms with Crippen LogP contribution in [0, 0.1) is 40.4 Å². The number of esters is 2. The molecule has 9 atom stereocenters. The highest BCUT2D eigenvalue weighted by atomic mass is 16.5. The summed E-state index contributed by atoms with van der Waals surface area (Å²) in [5.41, 5.74) is 3.63. The number of carbonyl (C=O) groups excluding carboxylic acids is 2. The van der Waals surface area contributed by atoms with Crippen molar-refractivity contribution in [1.29, 1.82) is 0 Å². The van der Waals surface area contributed by atoms with Gasteiger partial charge in [-0.25, -0.2) is 0 Å². The van der Waals surface area contributed by atoms with Gasteiger partial charge in [-0.15, -0.1) is 0 Å². The van der Waals surface area contributed by atoms with Gasteiger partial charge in [-0.1, -0.05) is 46.3 Å². The lowest BCUT2D eigenvalue weighted by Crippen LogP contribution is -2.50. The lowest BCUT2D eigenvalue weighted by Gasteiger charge is -2.58. The van der Waals surface area contributed by atoms with Gasteiger partial charge in [0.1, 0.15) is 12.2 Å². The molecule has 5 aliphatic rings. The van der Waals surface area contributed by atoms with E-state index in [1.165, 1.54) is 37.0 Å². The maximum Gasteiger partial charge on any atom is 0.305 e. The van der Waals surface area contributed by atoms with Crippen LogP contribution in [-0.4, -0.2) is 30.8 Å². The molecule has 5 rings (SSSR count). The summed E-state index contributed by atoms with van der Waals surface area (Å²) in [6, 6.07) is 0. The van der Waals surface area contributed by atoms with Crippen molar-refractivity contribution in [2.75, 3.05) is 6.61 Å². The van der Waals surface area contributed by atoms with Crippen LogP contribution in [0.25, 0.3) is 0 Å². The molecule has 0 spiro atoms. The maximum absolute atomic E-state index is 11.9. The van der Waals surface area contributed by atoms with E-state index in [2.05, 4.69) is 33.8 Å². The zero-order valence-corrected chi connectivity index (χ0v) is 24.6. The van der Waals surface area contributed by atoms with Crippen LogP contribution in [-0.2, 0) is 23.8 Å². The molecule has 1 heterocycles. The summed E-state index contributed by atoms with van der Waals surface area (Å²) in [4.78, 5) is 23.4. The molecule has 38 heavy (non-hydrogen) atoms. The summed E-state index contributed by atoms with van der Waals surface area (Å²) in [6.07, 6.45) is 13.8. The minimum absolute atomic E-state index is 0.0593. The minimum atomic E-state index is -0.111. The van der Waals surface area contributed by atoms with Crippen molar-refractivity contribution < 1.29 is 23.8 Å². The Morgan fingerprint density at radius 3 is 2.61 bits per heavy atom. The van der Waals surface area contributed by atoms with Gasteiger partial charge in [0.15, 0.2) is 0 Å². The molecule has 5 heteroatoms. The second kappa shape index (κ2) is 10.7. The second-order valence-electron chi connectivity index (χ2n) is 13.7. The topological polar surface area (TPSA) is 61.8 Å². The summed E-state index contributed by atoms with van der Waals surface area (Å²) in [5.74, 6) is 4.11. The monoisotopic (exact) mass is 526 g/mol. The van der Waals surface area contributed by atoms with E-state index in [-0.39, 0.29) is 23.5 Å². The van der Waals surface area contributed by atoms with E-state index in [0.717, 1.165) is 43.9 Å². The molecule has 3 fully saturated rings. The normalized spacial score (nSPS) is 40.2. The fourth-order valence-electron chi connectivity index (χ4n) is 9.38. The molecule has 5 nitrogen and oxygen atoms in total. The van der Waals surface area contributed by atoms with Gasteiger partial charge in [-0.3, -0.25) is 9.59 Å². The Labute approximate surface area is 230 Å². The van der Waals surface area contributed by atoms with Gasteiger partial charge in [0.2, 0.25) is 0 Å². The van der Waals surface area contributed by atoms with E-state index < -0.39 is 0 Å². The number of hydrogen-bond acceptors (Lipinski definition) is 5. The van der Waals surface area contributed by atoms with Crippen LogP contribution in [0.5, 0.6) is 0 Å². The molecule has 4 aliphatic carbocycles. The van der Waals surface area contributed by atoms with E-state index >= 15 is 0 Å². The Morgan fingerprint density at radius 2 is 1.87 bits per heavy atom. The molecule has 3 saturated carbocycles. The van der Waals surface area contributed by atoms with Crippen LogP contribution < -0.4 is 0 Å². The van der Waals surface area contributed by atoms with Crippen molar-refractivity contribution >= 4 is 11.9 Å². The fraction of sp³-hybridized carbons (Fsp3) is 0.818. The third-order valence-corrected chi connectivity index (χ3v) is 11.5. The zero-order valence-electron chi connectivity index (χ0n) is 24.6. The third-order valence-electron chi connectivity index (χ3n) is 11.5. The van der Waals surface area contributed by atoms with E-state index in [1.54, 1.807) is 5.57 Å². The van der Waals surface area contributed by atoms with Crippen molar-refractivity contribution in [3.8, 4) is 0 Å². The number of ether oxygens (including phenoxy) is 3. The highest BCUT2D eigenvalue weighted by molar-refractivity contribution is 5.69. The number of fused-ring (bicyclic) bond motifs is 7. The predicted octanol–water partition coefficient (Wildman–Crippen LogP) is 7.54. The first-order chi connectivity index (χ1) is 18.1. The molecule has 0 saturated heterocycles. The van der Waals surface area contributed by atoms with Gasteiger partial charge >= 0.3 is 11.9 Å². The Bertz CT molecular complexity index is 995. The molecule has 0 N–H and O–H groups in total. The number of allylic oxidation sites excluding steroid dienone is 2. The Kier molecular flexibility index (Phi) is 7.79. The summed E-state index contributed by atoms with van der Waals surface area (Å²) < 4.78 is 17.9. The van der Waals surface area contributed by atoms with Crippen molar-refractivity contribution in [3.05, 3.63) is 23.0 Å². The molecule has 0 bridgehead atoms. The van der Waals surface area contributed by atoms with Crippen LogP contribution in [0.4, 0.5) is 0 Å². The molecule has 0 amide bonds. The van der Waals surface area contributed by atoms with Crippen molar-refractivity contribution in [2.24, 2.45) is 40.4 Å². The second-order valence-corrected chi connectivity index (χ2v) is 13.7. The molecular formula is C33H50O5. The van der Waals surface area contributed by atoms with Crippen molar-refractivity contribution in [3.63, 3.8) is 0 Å². The average molecular weight is 527 g/mol. The SMILES string of the molecule is CCC(=O)OC[C@H](C)CCC1=C(C)[C@@H]2[C@H](C[C@@H]3[C@@H]4CC=C5C[C@H](OC(=O)CC)CC[C@]5(C)[C@H]4CC[C@@]32C)O1. The Hall–Kier alpha value is -1.78. The maximum atomic E-state index is 11.9. The average Bonchev–Trinajstić information content (AvgIpc) is 3.38. The van der Waals surface area contributed by atoms with Crippen LogP contribution in [0.3, 0.4) is 0 Å². The lowest BCUT2D eigenvalue weighted by atomic mass is 9.47. The fourth-order valence-corrected chi connectivity index (χ4v) is 9.38. The lowest BCUT2D eigenvalue weighted by molar-refractivity contribution is -0.151. The van der Waals surface area contributed by atoms with Crippen LogP contribution >= 0.6 is 0 Å². The molecule has 0 aromatic heterocycles. The first-order valence-corrected chi connectivity index (χ1v) is 15.5. The molecule has 0 radical (unpaired) electrons. The number of hydrogen-bond donors (Lipinski definition) is 0. The number of rotatable bonds is 8. The summed E-state index contributed by atoms with van der Waals surface area (Å²) >= 11 is 0. The van der Waals surface area contributed by atoms with E-state index in [1.807, 2.05) is 13.8 Å². The van der Waals surface area contributed by atoms with Gasteiger partial charge in [0, 0.05) is 31.6 Å². The first-order valence-electron chi connectivity index (χ1n) is 15.5. The number of carbonyl (C=O) groups is 2. The van der Waals surface area contributed by atoms with Gasteiger partial charge in [0.05, 0.1) is 12.4 Å². The first kappa shape index (κ1) is 27.8. The molecule has 212 valence electrons. The van der Waals surface area contributed by atoms with Gasteiger partial charge in [-0.05, 0) is 91.9 Å². The van der Waals surface area contributed by atoms with Crippen LogP contribution in [0.1, 0.15) is 112 Å². The van der Waals surface area contributed by atoms with Gasteiger partial charge < -0.3 is 14.2 Å². The highest BCUT2D eigenvalue weighted by Crippen LogP contribution is 2.69. The summed E-state index contributed by atoms with van der Waals surface area (Å²) in [7, 11) is 0. The third kappa shape index (κ3) is 4.74. The minimum Gasteiger partial charge on any atom is -0.494 e. The Balaban J connectivity index is 1.26. The predicted molar refractivity (Wildman–Crippen MR) is 148 cm³/mol. The largest absolute Gasteiger partial charge is 0.494 e. The van der Waals surface area contributed by atoms with E-state index in [4.69, 9.17) is 14.2 Å². The Morgan fingerprint density at radius 1 is 1.11 bits per heavy atom. The summed E-state index contributed by atoms with van der Waals surface area (Å²) in [5, 5.41) is 0. The van der Waals surface area contributed by atoms with Crippen molar-refractivity contribution in [2.45, 2.75) is 124 Å². The zero-order chi connectivity index (χ0) is 27.2. The van der Waals surface area contributed by atoms with E-state index in [0.29, 0.717) is 48.7 Å². The molecule has 0 unspecified atom stereocenters. The summed E-state index contributed by atoms with van der Waals surface area (Å²) in [6.45, 7) is 13.8. The van der Waals surface area contributed by atoms with Crippen LogP contribution in [0.15, 0.2) is 23.0 Å². The molecule has 0 aromatic rings. The quantitative estimate of drug-likeness (QED) is 0.241. The van der Waals surface area contributed by atoms with Gasteiger partial charge in [0.25, 0.3) is 0 Å².